The Kier molecular flexibility index (Phi) is 5.57. The van der Waals surface area contributed by atoms with Gasteiger partial charge in [-0.2, -0.15) is 4.98 Å². The minimum absolute atomic E-state index is 0.397. The molecule has 0 aliphatic carbocycles. The van der Waals surface area contributed by atoms with Crippen LogP contribution in [0.25, 0.3) is 0 Å². The van der Waals surface area contributed by atoms with Gasteiger partial charge in [-0.25, -0.2) is 9.78 Å². The van der Waals surface area contributed by atoms with Gasteiger partial charge in [0, 0.05) is 17.4 Å². The number of rotatable bonds is 5. The summed E-state index contributed by atoms with van der Waals surface area (Å²) in [6.07, 6.45) is 0. The molecule has 6 nitrogen and oxygen atoms in total. The highest BCUT2D eigenvalue weighted by Crippen LogP contribution is 2.27. The number of aromatic nitrogens is 2. The van der Waals surface area contributed by atoms with Crippen LogP contribution in [0.2, 0.25) is 5.02 Å². The summed E-state index contributed by atoms with van der Waals surface area (Å²) < 4.78 is 4.75. The molecule has 0 unspecified atom stereocenters. The third-order valence-electron chi connectivity index (χ3n) is 3.78. The Bertz CT molecular complexity index is 991. The largest absolute Gasteiger partial charge is 0.465 e. The van der Waals surface area contributed by atoms with Crippen molar-refractivity contribution in [3.63, 3.8) is 0 Å². The summed E-state index contributed by atoms with van der Waals surface area (Å²) in [4.78, 5) is 20.6. The lowest BCUT2D eigenvalue weighted by molar-refractivity contribution is 0.0601. The Morgan fingerprint density at radius 1 is 1.04 bits per heavy atom. The molecule has 2 N–H and O–H groups in total. The lowest BCUT2D eigenvalue weighted by Crippen LogP contribution is -2.04. The number of aryl methyl sites for hydroxylation is 2. The van der Waals surface area contributed by atoms with E-state index in [1.54, 1.807) is 24.3 Å². The quantitative estimate of drug-likeness (QED) is 0.603. The molecule has 27 heavy (non-hydrogen) atoms. The van der Waals surface area contributed by atoms with E-state index in [-0.39, 0.29) is 0 Å². The van der Waals surface area contributed by atoms with Crippen molar-refractivity contribution in [2.24, 2.45) is 0 Å². The van der Waals surface area contributed by atoms with Crippen molar-refractivity contribution in [3.8, 4) is 0 Å². The highest BCUT2D eigenvalue weighted by molar-refractivity contribution is 6.33. The van der Waals surface area contributed by atoms with Crippen LogP contribution in [-0.2, 0) is 4.74 Å². The SMILES string of the molecule is COC(=O)c1ccc(Cl)c(Nc2cc(C)nc(Nc3cccc(C)c3)n2)c1. The van der Waals surface area contributed by atoms with Crippen molar-refractivity contribution in [1.29, 1.82) is 0 Å². The smallest absolute Gasteiger partial charge is 0.337 e. The summed E-state index contributed by atoms with van der Waals surface area (Å²) in [7, 11) is 1.33. The minimum Gasteiger partial charge on any atom is -0.465 e. The van der Waals surface area contributed by atoms with Gasteiger partial charge < -0.3 is 15.4 Å². The first kappa shape index (κ1) is 18.7. The number of halogens is 1. The number of benzene rings is 2. The number of carbonyl (C=O) groups excluding carboxylic acids is 1. The second-order valence-corrected chi connectivity index (χ2v) is 6.43. The van der Waals surface area contributed by atoms with Crippen LogP contribution in [-0.4, -0.2) is 23.0 Å². The van der Waals surface area contributed by atoms with E-state index in [1.165, 1.54) is 7.11 Å². The molecule has 0 saturated heterocycles. The molecule has 1 heterocycles. The van der Waals surface area contributed by atoms with Crippen molar-refractivity contribution in [1.82, 2.24) is 9.97 Å². The van der Waals surface area contributed by atoms with Gasteiger partial charge in [0.15, 0.2) is 0 Å². The van der Waals surface area contributed by atoms with Crippen LogP contribution in [0.15, 0.2) is 48.5 Å². The second kappa shape index (κ2) is 8.05. The number of carbonyl (C=O) groups is 1. The molecule has 138 valence electrons. The maximum absolute atomic E-state index is 11.7. The number of ether oxygens (including phenoxy) is 1. The molecule has 0 aliphatic heterocycles. The van der Waals surface area contributed by atoms with E-state index in [4.69, 9.17) is 16.3 Å². The van der Waals surface area contributed by atoms with Crippen molar-refractivity contribution in [2.75, 3.05) is 17.7 Å². The van der Waals surface area contributed by atoms with Gasteiger partial charge >= 0.3 is 5.97 Å². The van der Waals surface area contributed by atoms with Crippen LogP contribution in [0.1, 0.15) is 21.6 Å². The van der Waals surface area contributed by atoms with Crippen LogP contribution in [0.3, 0.4) is 0 Å². The first-order chi connectivity index (χ1) is 12.9. The zero-order valence-electron chi connectivity index (χ0n) is 15.2. The lowest BCUT2D eigenvalue weighted by atomic mass is 10.2. The number of anilines is 4. The summed E-state index contributed by atoms with van der Waals surface area (Å²) in [5.41, 5.74) is 3.77. The van der Waals surface area contributed by atoms with Gasteiger partial charge in [-0.3, -0.25) is 0 Å². The molecule has 2 aromatic carbocycles. The number of hydrogen-bond acceptors (Lipinski definition) is 6. The Morgan fingerprint density at radius 2 is 1.85 bits per heavy atom. The van der Waals surface area contributed by atoms with Crippen LogP contribution in [0, 0.1) is 13.8 Å². The van der Waals surface area contributed by atoms with E-state index in [0.717, 1.165) is 16.9 Å². The topological polar surface area (TPSA) is 76.1 Å². The van der Waals surface area contributed by atoms with Crippen molar-refractivity contribution in [2.45, 2.75) is 13.8 Å². The molecular weight excluding hydrogens is 364 g/mol. The fourth-order valence-electron chi connectivity index (χ4n) is 2.54. The molecular formula is C20H19ClN4O2. The maximum Gasteiger partial charge on any atom is 0.337 e. The fourth-order valence-corrected chi connectivity index (χ4v) is 2.71. The number of nitrogens with one attached hydrogen (secondary N) is 2. The highest BCUT2D eigenvalue weighted by atomic mass is 35.5. The normalized spacial score (nSPS) is 10.4. The molecule has 1 aromatic heterocycles. The molecule has 0 aliphatic rings. The van der Waals surface area contributed by atoms with Gasteiger partial charge in [0.25, 0.3) is 0 Å². The number of methoxy groups -OCH3 is 1. The van der Waals surface area contributed by atoms with Crippen molar-refractivity contribution >= 4 is 40.7 Å². The van der Waals surface area contributed by atoms with Crippen LogP contribution in [0.4, 0.5) is 23.1 Å². The van der Waals surface area contributed by atoms with Crippen LogP contribution < -0.4 is 10.6 Å². The highest BCUT2D eigenvalue weighted by Gasteiger charge is 2.11. The molecule has 0 fully saturated rings. The first-order valence-corrected chi connectivity index (χ1v) is 8.66. The zero-order chi connectivity index (χ0) is 19.4. The van der Waals surface area contributed by atoms with E-state index < -0.39 is 5.97 Å². The van der Waals surface area contributed by atoms with Crippen LogP contribution in [0.5, 0.6) is 0 Å². The molecule has 7 heteroatoms. The zero-order valence-corrected chi connectivity index (χ0v) is 16.0. The first-order valence-electron chi connectivity index (χ1n) is 8.29. The molecule has 3 aromatic rings. The summed E-state index contributed by atoms with van der Waals surface area (Å²) in [5, 5.41) is 6.80. The molecule has 3 rings (SSSR count). The Balaban J connectivity index is 1.87. The van der Waals surface area contributed by atoms with Gasteiger partial charge in [-0.05, 0) is 49.7 Å². The molecule has 0 amide bonds. The maximum atomic E-state index is 11.7. The molecule has 0 bridgehead atoms. The number of esters is 1. The molecule has 0 spiro atoms. The van der Waals surface area contributed by atoms with E-state index in [2.05, 4.69) is 20.6 Å². The molecule has 0 saturated carbocycles. The Morgan fingerprint density at radius 3 is 2.59 bits per heavy atom. The van der Waals surface area contributed by atoms with Gasteiger partial charge in [0.2, 0.25) is 5.95 Å². The van der Waals surface area contributed by atoms with Gasteiger partial charge in [0.05, 0.1) is 23.4 Å². The van der Waals surface area contributed by atoms with E-state index in [0.29, 0.717) is 28.0 Å². The fraction of sp³-hybridized carbons (Fsp3) is 0.150. The average Bonchev–Trinajstić information content (AvgIpc) is 2.62. The summed E-state index contributed by atoms with van der Waals surface area (Å²) in [6, 6.07) is 14.6. The second-order valence-electron chi connectivity index (χ2n) is 6.02. The standard InChI is InChI=1S/C20H19ClN4O2/c1-12-5-4-6-15(9-12)23-20-22-13(2)10-18(25-20)24-17-11-14(19(26)27-3)7-8-16(17)21/h4-11H,1-3H3,(H2,22,23,24,25). The Hall–Kier alpha value is -3.12. The third kappa shape index (κ3) is 4.74. The van der Waals surface area contributed by atoms with E-state index >= 15 is 0 Å². The van der Waals surface area contributed by atoms with Gasteiger partial charge in [-0.1, -0.05) is 23.7 Å². The minimum atomic E-state index is -0.435. The van der Waals surface area contributed by atoms with Gasteiger partial charge in [-0.15, -0.1) is 0 Å². The summed E-state index contributed by atoms with van der Waals surface area (Å²) in [5.74, 6) is 0.584. The number of nitrogens with zero attached hydrogens (tertiary/aromatic N) is 2. The number of hydrogen-bond donors (Lipinski definition) is 2. The van der Waals surface area contributed by atoms with E-state index in [1.807, 2.05) is 38.1 Å². The monoisotopic (exact) mass is 382 g/mol. The lowest BCUT2D eigenvalue weighted by Gasteiger charge is -2.12. The molecule has 0 radical (unpaired) electrons. The molecule has 0 atom stereocenters. The van der Waals surface area contributed by atoms with E-state index in [9.17, 15) is 4.79 Å². The van der Waals surface area contributed by atoms with Crippen molar-refractivity contribution in [3.05, 3.63) is 70.4 Å². The predicted octanol–water partition coefficient (Wildman–Crippen LogP) is 5.02. The summed E-state index contributed by atoms with van der Waals surface area (Å²) >= 11 is 6.25. The third-order valence-corrected chi connectivity index (χ3v) is 4.11. The predicted molar refractivity (Wildman–Crippen MR) is 107 cm³/mol. The Labute approximate surface area is 162 Å². The van der Waals surface area contributed by atoms with Gasteiger partial charge in [0.1, 0.15) is 5.82 Å². The summed E-state index contributed by atoms with van der Waals surface area (Å²) in [6.45, 7) is 3.90. The van der Waals surface area contributed by atoms with Crippen LogP contribution >= 0.6 is 11.6 Å². The van der Waals surface area contributed by atoms with Crippen molar-refractivity contribution < 1.29 is 9.53 Å². The average molecular weight is 383 g/mol.